The van der Waals surface area contributed by atoms with Gasteiger partial charge in [-0.05, 0) is 12.8 Å². The quantitative estimate of drug-likeness (QED) is 0.401. The number of nitrogens with zero attached hydrogens (tertiary/aromatic N) is 1. The van der Waals surface area contributed by atoms with Gasteiger partial charge in [0.1, 0.15) is 0 Å². The number of piperidine rings is 1. The number of rotatable bonds is 0. The summed E-state index contributed by atoms with van der Waals surface area (Å²) in [6.07, 6.45) is 2.24. The van der Waals surface area contributed by atoms with Crippen LogP contribution in [0.4, 0.5) is 0 Å². The predicted octanol–water partition coefficient (Wildman–Crippen LogP) is 0.465. The molecule has 2 aliphatic rings. The van der Waals surface area contributed by atoms with Crippen LogP contribution in [0, 0.1) is 5.41 Å². The van der Waals surface area contributed by atoms with Crippen molar-refractivity contribution in [2.45, 2.75) is 19.3 Å². The van der Waals surface area contributed by atoms with E-state index in [1.54, 1.807) is 0 Å². The van der Waals surface area contributed by atoms with Crippen molar-refractivity contribution in [3.05, 3.63) is 0 Å². The second-order valence-electron chi connectivity index (χ2n) is 3.78. The van der Waals surface area contributed by atoms with Gasteiger partial charge >= 0.3 is 0 Å². The van der Waals surface area contributed by atoms with Crippen LogP contribution in [0.2, 0.25) is 0 Å². The maximum absolute atomic E-state index is 11.5. The Morgan fingerprint density at radius 1 is 1.46 bits per heavy atom. The van der Waals surface area contributed by atoms with Crippen molar-refractivity contribution >= 4 is 34.7 Å². The summed E-state index contributed by atoms with van der Waals surface area (Å²) in [5, 5.41) is 2.39. The minimum Gasteiger partial charge on any atom is -0.296 e. The second kappa shape index (κ2) is 3.20. The third-order valence-electron chi connectivity index (χ3n) is 2.76. The Bertz CT molecular complexity index is 269. The molecule has 2 rings (SSSR count). The number of hydrogen-bond acceptors (Lipinski definition) is 3. The Hall–Kier alpha value is -0.170. The zero-order valence-electron chi connectivity index (χ0n) is 7.18. The van der Waals surface area contributed by atoms with Crippen molar-refractivity contribution in [1.29, 1.82) is 0 Å². The average molecular weight is 294 g/mol. The van der Waals surface area contributed by atoms with Crippen molar-refractivity contribution in [1.82, 2.24) is 8.43 Å². The van der Waals surface area contributed by atoms with Gasteiger partial charge in [-0.3, -0.25) is 14.9 Å². The van der Waals surface area contributed by atoms with E-state index < -0.39 is 5.41 Å². The molecule has 0 aliphatic carbocycles. The predicted molar refractivity (Wildman–Crippen MR) is 55.0 cm³/mol. The summed E-state index contributed by atoms with van der Waals surface area (Å²) in [6.45, 7) is 1.73. The summed E-state index contributed by atoms with van der Waals surface area (Å²) < 4.78 is 2.10. The maximum Gasteiger partial charge on any atom is 0.234 e. The lowest BCUT2D eigenvalue weighted by Gasteiger charge is -2.34. The monoisotopic (exact) mass is 294 g/mol. The molecule has 4 nitrogen and oxygen atoms in total. The Kier molecular flexibility index (Phi) is 2.31. The molecule has 0 aromatic rings. The van der Waals surface area contributed by atoms with Gasteiger partial charge in [-0.1, -0.05) is 0 Å². The van der Waals surface area contributed by atoms with Gasteiger partial charge in [0.25, 0.3) is 0 Å². The lowest BCUT2D eigenvalue weighted by molar-refractivity contribution is -0.129. The standard InChI is InChI=1S/C8H11IN2O2/c9-11-3-1-2-8(5-11)4-6(12)10-7(8)13/h1-5H2,(H,10,12,13). The second-order valence-corrected chi connectivity index (χ2v) is 5.15. The zero-order valence-corrected chi connectivity index (χ0v) is 9.33. The summed E-state index contributed by atoms with van der Waals surface area (Å²) in [6, 6.07) is 0. The number of hydrogen-bond donors (Lipinski definition) is 1. The van der Waals surface area contributed by atoms with Crippen molar-refractivity contribution in [3.8, 4) is 0 Å². The first-order valence-corrected chi connectivity index (χ1v) is 5.34. The van der Waals surface area contributed by atoms with Crippen LogP contribution < -0.4 is 5.32 Å². The fourth-order valence-electron chi connectivity index (χ4n) is 2.10. The van der Waals surface area contributed by atoms with Crippen LogP contribution in [-0.2, 0) is 9.59 Å². The Morgan fingerprint density at radius 3 is 2.77 bits per heavy atom. The van der Waals surface area contributed by atoms with Crippen molar-refractivity contribution in [2.75, 3.05) is 13.1 Å². The minimum atomic E-state index is -0.406. The average Bonchev–Trinajstić information content (AvgIpc) is 2.26. The Balaban J connectivity index is 2.19. The van der Waals surface area contributed by atoms with Crippen LogP contribution in [0.5, 0.6) is 0 Å². The van der Waals surface area contributed by atoms with Gasteiger partial charge in [-0.2, -0.15) is 0 Å². The number of amides is 2. The first-order chi connectivity index (χ1) is 6.12. The molecule has 0 saturated carbocycles. The van der Waals surface area contributed by atoms with E-state index in [0.717, 1.165) is 19.4 Å². The normalized spacial score (nSPS) is 35.5. The van der Waals surface area contributed by atoms with E-state index in [9.17, 15) is 9.59 Å². The van der Waals surface area contributed by atoms with E-state index in [0.29, 0.717) is 13.0 Å². The van der Waals surface area contributed by atoms with Crippen LogP contribution in [0.25, 0.3) is 0 Å². The van der Waals surface area contributed by atoms with Crippen LogP contribution >= 0.6 is 22.9 Å². The molecule has 2 aliphatic heterocycles. The van der Waals surface area contributed by atoms with Gasteiger partial charge in [-0.25, -0.2) is 3.11 Å². The molecule has 1 N–H and O–H groups in total. The van der Waals surface area contributed by atoms with Crippen LogP contribution in [0.15, 0.2) is 0 Å². The van der Waals surface area contributed by atoms with E-state index in [1.165, 1.54) is 0 Å². The van der Waals surface area contributed by atoms with Gasteiger partial charge in [0.15, 0.2) is 0 Å². The topological polar surface area (TPSA) is 49.4 Å². The molecule has 0 aromatic heterocycles. The summed E-state index contributed by atoms with van der Waals surface area (Å²) in [5.41, 5.74) is -0.406. The fourth-order valence-corrected chi connectivity index (χ4v) is 3.09. The number of nitrogens with one attached hydrogen (secondary N) is 1. The maximum atomic E-state index is 11.5. The van der Waals surface area contributed by atoms with E-state index in [-0.39, 0.29) is 11.8 Å². The molecule has 2 fully saturated rings. The van der Waals surface area contributed by atoms with Crippen molar-refractivity contribution in [2.24, 2.45) is 5.41 Å². The van der Waals surface area contributed by atoms with E-state index in [4.69, 9.17) is 0 Å². The summed E-state index contributed by atoms with van der Waals surface area (Å²) in [4.78, 5) is 22.6. The molecule has 13 heavy (non-hydrogen) atoms. The van der Waals surface area contributed by atoms with Gasteiger partial charge in [0.05, 0.1) is 5.41 Å². The number of halogens is 1. The first kappa shape index (κ1) is 9.39. The smallest absolute Gasteiger partial charge is 0.234 e. The van der Waals surface area contributed by atoms with E-state index >= 15 is 0 Å². The molecule has 0 aromatic carbocycles. The van der Waals surface area contributed by atoms with Crippen molar-refractivity contribution in [3.63, 3.8) is 0 Å². The molecule has 2 amide bonds. The highest BCUT2D eigenvalue weighted by Gasteiger charge is 2.48. The van der Waals surface area contributed by atoms with Gasteiger partial charge < -0.3 is 0 Å². The van der Waals surface area contributed by atoms with Crippen LogP contribution in [-0.4, -0.2) is 28.0 Å². The SMILES string of the molecule is O=C1CC2(CCCN(I)C2)C(=O)N1. The lowest BCUT2D eigenvalue weighted by atomic mass is 9.79. The molecule has 1 unspecified atom stereocenters. The molecule has 0 radical (unpaired) electrons. The van der Waals surface area contributed by atoms with Gasteiger partial charge in [0.2, 0.25) is 11.8 Å². The fraction of sp³-hybridized carbons (Fsp3) is 0.750. The molecular weight excluding hydrogens is 283 g/mol. The molecule has 2 saturated heterocycles. The Morgan fingerprint density at radius 2 is 2.23 bits per heavy atom. The largest absolute Gasteiger partial charge is 0.296 e. The molecule has 1 spiro atoms. The summed E-state index contributed by atoms with van der Waals surface area (Å²) in [5.74, 6) is -0.185. The molecule has 2 heterocycles. The third-order valence-corrected chi connectivity index (χ3v) is 3.59. The highest BCUT2D eigenvalue weighted by Crippen LogP contribution is 2.37. The minimum absolute atomic E-state index is 0.0705. The first-order valence-electron chi connectivity index (χ1n) is 4.37. The molecular formula is C8H11IN2O2. The van der Waals surface area contributed by atoms with Crippen molar-refractivity contribution < 1.29 is 9.59 Å². The zero-order chi connectivity index (χ0) is 9.47. The van der Waals surface area contributed by atoms with E-state index in [1.807, 2.05) is 0 Å². The van der Waals surface area contributed by atoms with E-state index in [2.05, 4.69) is 31.3 Å². The summed E-state index contributed by atoms with van der Waals surface area (Å²) in [7, 11) is 0. The number of carbonyl (C=O) groups is 2. The van der Waals surface area contributed by atoms with Gasteiger partial charge in [0, 0.05) is 42.4 Å². The van der Waals surface area contributed by atoms with Gasteiger partial charge in [-0.15, -0.1) is 0 Å². The highest BCUT2D eigenvalue weighted by atomic mass is 127. The van der Waals surface area contributed by atoms with Crippen LogP contribution in [0.1, 0.15) is 19.3 Å². The molecule has 1 atom stereocenters. The molecule has 72 valence electrons. The molecule has 5 heteroatoms. The highest BCUT2D eigenvalue weighted by molar-refractivity contribution is 14.1. The Labute approximate surface area is 90.5 Å². The summed E-state index contributed by atoms with van der Waals surface area (Å²) >= 11 is 2.22. The number of imide groups is 1. The number of carbonyl (C=O) groups excluding carboxylic acids is 2. The van der Waals surface area contributed by atoms with Crippen LogP contribution in [0.3, 0.4) is 0 Å². The lowest BCUT2D eigenvalue weighted by Crippen LogP contribution is -2.43. The molecule has 0 bridgehead atoms. The third kappa shape index (κ3) is 1.59.